The number of benzene rings is 3. The predicted octanol–water partition coefficient (Wildman–Crippen LogP) is 8.25. The number of hydrogen-bond donors (Lipinski definition) is 0. The molecule has 0 fully saturated rings. The fourth-order valence-electron chi connectivity index (χ4n) is 4.35. The van der Waals surface area contributed by atoms with Crippen LogP contribution in [0.4, 0.5) is 20.2 Å². The summed E-state index contributed by atoms with van der Waals surface area (Å²) in [5.74, 6) is 5.06. The predicted molar refractivity (Wildman–Crippen MR) is 129 cm³/mol. The van der Waals surface area contributed by atoms with Gasteiger partial charge in [0.05, 0.1) is 16.9 Å². The van der Waals surface area contributed by atoms with Crippen LogP contribution in [0.3, 0.4) is 0 Å². The summed E-state index contributed by atoms with van der Waals surface area (Å²) in [6.45, 7) is 4.26. The summed E-state index contributed by atoms with van der Waals surface area (Å²) in [4.78, 5) is 0. The van der Waals surface area contributed by atoms with Crippen molar-refractivity contribution in [3.8, 4) is 11.8 Å². The summed E-state index contributed by atoms with van der Waals surface area (Å²) in [7, 11) is 0. The Bertz CT molecular complexity index is 1200. The Labute approximate surface area is 194 Å². The van der Waals surface area contributed by atoms with Crippen molar-refractivity contribution in [1.29, 1.82) is 0 Å². The van der Waals surface area contributed by atoms with Gasteiger partial charge in [0.2, 0.25) is 0 Å². The molecule has 0 aliphatic heterocycles. The standard InChI is InChI=1S/C29H28F2N2/c1-3-5-22-11-16-26-23(18-22)19-28(30)27(29(26)31)17-10-21-8-14-25(15-9-21)33-32-24-12-6-20(4-2)7-13-24/h6-9,12-15,19,22H,3-5,11,16,18H2,1-2H3. The molecule has 0 saturated heterocycles. The molecule has 0 radical (unpaired) electrons. The highest BCUT2D eigenvalue weighted by Gasteiger charge is 2.24. The van der Waals surface area contributed by atoms with E-state index < -0.39 is 11.6 Å². The maximum absolute atomic E-state index is 15.0. The molecule has 0 saturated carbocycles. The van der Waals surface area contributed by atoms with Gasteiger partial charge in [-0.15, -0.1) is 0 Å². The molecule has 0 heterocycles. The molecule has 4 rings (SSSR count). The largest absolute Gasteiger partial charge is 0.206 e. The Morgan fingerprint density at radius 2 is 1.58 bits per heavy atom. The number of halogens is 2. The molecule has 2 nitrogen and oxygen atoms in total. The van der Waals surface area contributed by atoms with Crippen LogP contribution < -0.4 is 0 Å². The topological polar surface area (TPSA) is 24.7 Å². The lowest BCUT2D eigenvalue weighted by atomic mass is 9.81. The lowest BCUT2D eigenvalue weighted by Gasteiger charge is -2.25. The van der Waals surface area contributed by atoms with E-state index in [2.05, 4.69) is 35.9 Å². The van der Waals surface area contributed by atoms with Crippen LogP contribution in [0, 0.1) is 29.4 Å². The van der Waals surface area contributed by atoms with Crippen molar-refractivity contribution in [3.63, 3.8) is 0 Å². The van der Waals surface area contributed by atoms with Gasteiger partial charge in [-0.2, -0.15) is 10.2 Å². The van der Waals surface area contributed by atoms with Crippen LogP contribution in [0.15, 0.2) is 64.8 Å². The van der Waals surface area contributed by atoms with Crippen molar-refractivity contribution < 1.29 is 8.78 Å². The van der Waals surface area contributed by atoms with Gasteiger partial charge in [0, 0.05) is 5.56 Å². The summed E-state index contributed by atoms with van der Waals surface area (Å²) in [6, 6.07) is 16.6. The van der Waals surface area contributed by atoms with Gasteiger partial charge in [-0.25, -0.2) is 8.78 Å². The zero-order chi connectivity index (χ0) is 23.2. The number of nitrogens with zero attached hydrogens (tertiary/aromatic N) is 2. The van der Waals surface area contributed by atoms with Crippen LogP contribution in [-0.2, 0) is 19.3 Å². The van der Waals surface area contributed by atoms with E-state index in [4.69, 9.17) is 0 Å². The second-order valence-corrected chi connectivity index (χ2v) is 8.60. The lowest BCUT2D eigenvalue weighted by molar-refractivity contribution is 0.411. The van der Waals surface area contributed by atoms with Gasteiger partial charge in [0.15, 0.2) is 0 Å². The highest BCUT2D eigenvalue weighted by Crippen LogP contribution is 2.32. The highest BCUT2D eigenvalue weighted by molar-refractivity contribution is 5.50. The van der Waals surface area contributed by atoms with Crippen LogP contribution in [-0.4, -0.2) is 0 Å². The number of azo groups is 1. The Kier molecular flexibility index (Phi) is 7.29. The van der Waals surface area contributed by atoms with Crippen LogP contribution in [0.1, 0.15) is 60.9 Å². The van der Waals surface area contributed by atoms with E-state index in [1.807, 2.05) is 24.3 Å². The third-order valence-corrected chi connectivity index (χ3v) is 6.24. The highest BCUT2D eigenvalue weighted by atomic mass is 19.1. The van der Waals surface area contributed by atoms with E-state index in [1.54, 1.807) is 24.3 Å². The molecule has 0 amide bonds. The van der Waals surface area contributed by atoms with Crippen molar-refractivity contribution in [2.24, 2.45) is 16.1 Å². The molecule has 1 unspecified atom stereocenters. The van der Waals surface area contributed by atoms with Gasteiger partial charge in [0.1, 0.15) is 11.6 Å². The lowest BCUT2D eigenvalue weighted by Crippen LogP contribution is -2.17. The first kappa shape index (κ1) is 22.9. The maximum Gasteiger partial charge on any atom is 0.145 e. The fraction of sp³-hybridized carbons (Fsp3) is 0.310. The molecule has 33 heavy (non-hydrogen) atoms. The molecule has 1 atom stereocenters. The van der Waals surface area contributed by atoms with Gasteiger partial charge in [-0.05, 0) is 90.8 Å². The first-order valence-electron chi connectivity index (χ1n) is 11.7. The zero-order valence-corrected chi connectivity index (χ0v) is 19.2. The molecular weight excluding hydrogens is 414 g/mol. The number of aryl methyl sites for hydroxylation is 1. The third-order valence-electron chi connectivity index (χ3n) is 6.24. The van der Waals surface area contributed by atoms with Crippen molar-refractivity contribution in [3.05, 3.63) is 94.0 Å². The smallest absolute Gasteiger partial charge is 0.145 e. The van der Waals surface area contributed by atoms with E-state index in [0.717, 1.165) is 43.4 Å². The first-order valence-corrected chi connectivity index (χ1v) is 11.7. The van der Waals surface area contributed by atoms with Crippen LogP contribution in [0.5, 0.6) is 0 Å². The van der Waals surface area contributed by atoms with Gasteiger partial charge in [0.25, 0.3) is 0 Å². The molecule has 168 valence electrons. The monoisotopic (exact) mass is 442 g/mol. The van der Waals surface area contributed by atoms with E-state index >= 15 is 4.39 Å². The van der Waals surface area contributed by atoms with Crippen LogP contribution in [0.25, 0.3) is 0 Å². The summed E-state index contributed by atoms with van der Waals surface area (Å²) >= 11 is 0. The van der Waals surface area contributed by atoms with Crippen molar-refractivity contribution in [2.75, 3.05) is 0 Å². The maximum atomic E-state index is 15.0. The summed E-state index contributed by atoms with van der Waals surface area (Å²) in [5.41, 5.74) is 4.70. The quantitative estimate of drug-likeness (QED) is 0.281. The number of rotatable bonds is 5. The minimum Gasteiger partial charge on any atom is -0.206 e. The molecular formula is C29H28F2N2. The average molecular weight is 443 g/mol. The second-order valence-electron chi connectivity index (χ2n) is 8.60. The molecule has 1 aliphatic carbocycles. The van der Waals surface area contributed by atoms with Gasteiger partial charge < -0.3 is 0 Å². The normalized spacial score (nSPS) is 15.2. The van der Waals surface area contributed by atoms with Gasteiger partial charge in [-0.3, -0.25) is 0 Å². The number of fused-ring (bicyclic) bond motifs is 1. The SMILES string of the molecule is CCCC1CCc2c(cc(F)c(C#Cc3ccc(N=Nc4ccc(CC)cc4)cc3)c2F)C1. The molecule has 3 aromatic rings. The minimum atomic E-state index is -0.574. The molecule has 3 aromatic carbocycles. The van der Waals surface area contributed by atoms with Crippen molar-refractivity contribution in [2.45, 2.75) is 52.4 Å². The number of hydrogen-bond acceptors (Lipinski definition) is 2. The molecule has 0 N–H and O–H groups in total. The summed E-state index contributed by atoms with van der Waals surface area (Å²) in [5, 5.41) is 8.49. The Balaban J connectivity index is 1.49. The molecule has 0 aromatic heterocycles. The third kappa shape index (κ3) is 5.54. The van der Waals surface area contributed by atoms with E-state index in [-0.39, 0.29) is 5.56 Å². The Hall–Kier alpha value is -3.32. The van der Waals surface area contributed by atoms with Gasteiger partial charge in [-0.1, -0.05) is 50.7 Å². The Morgan fingerprint density at radius 3 is 2.21 bits per heavy atom. The molecule has 0 spiro atoms. The van der Waals surface area contributed by atoms with Crippen LogP contribution in [0.2, 0.25) is 0 Å². The Morgan fingerprint density at radius 1 is 0.909 bits per heavy atom. The molecule has 4 heteroatoms. The minimum absolute atomic E-state index is 0.137. The summed E-state index contributed by atoms with van der Waals surface area (Å²) < 4.78 is 29.7. The fourth-order valence-corrected chi connectivity index (χ4v) is 4.35. The average Bonchev–Trinajstić information content (AvgIpc) is 2.83. The molecule has 1 aliphatic rings. The first-order chi connectivity index (χ1) is 16.1. The van der Waals surface area contributed by atoms with E-state index in [1.165, 1.54) is 11.6 Å². The van der Waals surface area contributed by atoms with E-state index in [0.29, 0.717) is 29.2 Å². The van der Waals surface area contributed by atoms with Crippen molar-refractivity contribution >= 4 is 11.4 Å². The zero-order valence-electron chi connectivity index (χ0n) is 19.2. The van der Waals surface area contributed by atoms with Crippen molar-refractivity contribution in [1.82, 2.24) is 0 Å². The summed E-state index contributed by atoms with van der Waals surface area (Å²) in [6.07, 6.45) is 5.55. The van der Waals surface area contributed by atoms with Crippen LogP contribution >= 0.6 is 0 Å². The van der Waals surface area contributed by atoms with E-state index in [9.17, 15) is 4.39 Å². The molecule has 0 bridgehead atoms. The second kappa shape index (κ2) is 10.5. The van der Waals surface area contributed by atoms with Gasteiger partial charge >= 0.3 is 0 Å².